The maximum absolute atomic E-state index is 3.71. The van der Waals surface area contributed by atoms with Crippen molar-refractivity contribution in [3.63, 3.8) is 0 Å². The average molecular weight is 254 g/mol. The minimum atomic E-state index is 0.727. The van der Waals surface area contributed by atoms with Gasteiger partial charge in [-0.2, -0.15) is 0 Å². The summed E-state index contributed by atoms with van der Waals surface area (Å²) in [4.78, 5) is 2.62. The number of unbranched alkanes of at least 4 members (excludes halogenated alkanes) is 1. The molecule has 2 heteroatoms. The molecule has 0 spiro atoms. The van der Waals surface area contributed by atoms with Gasteiger partial charge in [-0.3, -0.25) is 0 Å². The van der Waals surface area contributed by atoms with Crippen LogP contribution in [0.15, 0.2) is 0 Å². The first kappa shape index (κ1) is 16.0. The van der Waals surface area contributed by atoms with Gasteiger partial charge in [-0.25, -0.2) is 0 Å². The Hall–Kier alpha value is -0.0800. The number of hydrogen-bond acceptors (Lipinski definition) is 2. The lowest BCUT2D eigenvalue weighted by Crippen LogP contribution is -2.52. The first-order valence-corrected chi connectivity index (χ1v) is 8.16. The summed E-state index contributed by atoms with van der Waals surface area (Å²) in [6.45, 7) is 9.23. The number of nitrogens with zero attached hydrogens (tertiary/aromatic N) is 1. The van der Waals surface area contributed by atoms with E-state index in [0.717, 1.165) is 24.5 Å². The summed E-state index contributed by atoms with van der Waals surface area (Å²) in [5, 5.41) is 3.71. The van der Waals surface area contributed by atoms with E-state index in [1.165, 1.54) is 51.5 Å². The standard InChI is InChI=1S/C16H34N2/c1-5-8-12-18(4)16-13-14(9-6-2)10-11-15(16)17-7-3/h14-17H,5-13H2,1-4H3. The van der Waals surface area contributed by atoms with E-state index >= 15 is 0 Å². The maximum atomic E-state index is 3.71. The summed E-state index contributed by atoms with van der Waals surface area (Å²) in [5.41, 5.74) is 0. The van der Waals surface area contributed by atoms with Crippen molar-refractivity contribution in [2.45, 2.75) is 77.8 Å². The summed E-state index contributed by atoms with van der Waals surface area (Å²) in [5.74, 6) is 0.971. The predicted octanol–water partition coefficient (Wildman–Crippen LogP) is 3.67. The number of nitrogens with one attached hydrogen (secondary N) is 1. The van der Waals surface area contributed by atoms with Gasteiger partial charge in [0.1, 0.15) is 0 Å². The van der Waals surface area contributed by atoms with Crippen LogP contribution >= 0.6 is 0 Å². The van der Waals surface area contributed by atoms with Gasteiger partial charge in [0.2, 0.25) is 0 Å². The minimum absolute atomic E-state index is 0.727. The molecule has 0 saturated heterocycles. The molecule has 0 aromatic rings. The van der Waals surface area contributed by atoms with Crippen LogP contribution in [0.2, 0.25) is 0 Å². The first-order chi connectivity index (χ1) is 8.72. The fourth-order valence-corrected chi connectivity index (χ4v) is 3.46. The Bertz CT molecular complexity index is 205. The second-order valence-electron chi connectivity index (χ2n) is 6.03. The molecule has 3 atom stereocenters. The molecule has 1 saturated carbocycles. The lowest BCUT2D eigenvalue weighted by atomic mass is 9.79. The fraction of sp³-hybridized carbons (Fsp3) is 1.00. The van der Waals surface area contributed by atoms with Crippen molar-refractivity contribution in [3.8, 4) is 0 Å². The van der Waals surface area contributed by atoms with Crippen LogP contribution in [0.25, 0.3) is 0 Å². The molecule has 1 N–H and O–H groups in total. The van der Waals surface area contributed by atoms with E-state index in [1.807, 2.05) is 0 Å². The molecule has 1 aliphatic carbocycles. The molecular weight excluding hydrogens is 220 g/mol. The monoisotopic (exact) mass is 254 g/mol. The lowest BCUT2D eigenvalue weighted by molar-refractivity contribution is 0.115. The Morgan fingerprint density at radius 3 is 2.50 bits per heavy atom. The second-order valence-corrected chi connectivity index (χ2v) is 6.03. The highest BCUT2D eigenvalue weighted by Gasteiger charge is 2.31. The molecule has 0 radical (unpaired) electrons. The van der Waals surface area contributed by atoms with Crippen molar-refractivity contribution in [3.05, 3.63) is 0 Å². The van der Waals surface area contributed by atoms with Gasteiger partial charge in [0, 0.05) is 12.1 Å². The molecule has 18 heavy (non-hydrogen) atoms. The molecule has 0 aromatic heterocycles. The molecule has 1 aliphatic rings. The molecule has 3 unspecified atom stereocenters. The largest absolute Gasteiger partial charge is 0.313 e. The molecule has 0 amide bonds. The Morgan fingerprint density at radius 1 is 1.11 bits per heavy atom. The van der Waals surface area contributed by atoms with E-state index in [1.54, 1.807) is 0 Å². The van der Waals surface area contributed by atoms with Crippen LogP contribution in [0.1, 0.15) is 65.7 Å². The lowest BCUT2D eigenvalue weighted by Gasteiger charge is -2.41. The third-order valence-corrected chi connectivity index (χ3v) is 4.52. The quantitative estimate of drug-likeness (QED) is 0.711. The molecule has 1 fully saturated rings. The molecule has 2 nitrogen and oxygen atoms in total. The van der Waals surface area contributed by atoms with Gasteiger partial charge >= 0.3 is 0 Å². The average Bonchev–Trinajstić information content (AvgIpc) is 2.38. The van der Waals surface area contributed by atoms with Crippen LogP contribution in [0.4, 0.5) is 0 Å². The van der Waals surface area contributed by atoms with Crippen LogP contribution in [-0.4, -0.2) is 37.1 Å². The topological polar surface area (TPSA) is 15.3 Å². The highest BCUT2D eigenvalue weighted by Crippen LogP contribution is 2.30. The van der Waals surface area contributed by atoms with Gasteiger partial charge in [0.25, 0.3) is 0 Å². The summed E-state index contributed by atoms with van der Waals surface area (Å²) < 4.78 is 0. The van der Waals surface area contributed by atoms with Crippen LogP contribution in [0.3, 0.4) is 0 Å². The first-order valence-electron chi connectivity index (χ1n) is 8.16. The summed E-state index contributed by atoms with van der Waals surface area (Å²) in [7, 11) is 2.33. The number of hydrogen-bond donors (Lipinski definition) is 1. The van der Waals surface area contributed by atoms with E-state index in [0.29, 0.717) is 0 Å². The molecule has 1 rings (SSSR count). The van der Waals surface area contributed by atoms with Crippen LogP contribution < -0.4 is 5.32 Å². The van der Waals surface area contributed by atoms with Crippen molar-refractivity contribution >= 4 is 0 Å². The van der Waals surface area contributed by atoms with Crippen LogP contribution in [0, 0.1) is 5.92 Å². The number of likely N-dealkylation sites (N-methyl/N-ethyl adjacent to an activating group) is 2. The molecule has 0 aromatic carbocycles. The third-order valence-electron chi connectivity index (χ3n) is 4.52. The third kappa shape index (κ3) is 4.89. The van der Waals surface area contributed by atoms with Gasteiger partial charge in [-0.05, 0) is 51.7 Å². The fourth-order valence-electron chi connectivity index (χ4n) is 3.46. The van der Waals surface area contributed by atoms with Crippen molar-refractivity contribution in [2.75, 3.05) is 20.1 Å². The molecular formula is C16H34N2. The van der Waals surface area contributed by atoms with Gasteiger partial charge in [-0.1, -0.05) is 40.0 Å². The highest BCUT2D eigenvalue weighted by atomic mass is 15.2. The number of rotatable bonds is 8. The minimum Gasteiger partial charge on any atom is -0.313 e. The highest BCUT2D eigenvalue weighted by molar-refractivity contribution is 4.90. The zero-order valence-electron chi connectivity index (χ0n) is 13.0. The van der Waals surface area contributed by atoms with E-state index < -0.39 is 0 Å². The SMILES string of the molecule is CCCCN(C)C1CC(CCC)CCC1NCC. The molecule has 0 aliphatic heterocycles. The van der Waals surface area contributed by atoms with Crippen molar-refractivity contribution in [1.29, 1.82) is 0 Å². The summed E-state index contributed by atoms with van der Waals surface area (Å²) >= 11 is 0. The predicted molar refractivity (Wildman–Crippen MR) is 81.0 cm³/mol. The molecule has 0 heterocycles. The normalized spacial score (nSPS) is 28.8. The van der Waals surface area contributed by atoms with Crippen molar-refractivity contribution in [2.24, 2.45) is 5.92 Å². The smallest absolute Gasteiger partial charge is 0.0248 e. The summed E-state index contributed by atoms with van der Waals surface area (Å²) in [6.07, 6.45) is 9.64. The summed E-state index contributed by atoms with van der Waals surface area (Å²) in [6, 6.07) is 1.49. The zero-order valence-corrected chi connectivity index (χ0v) is 13.0. The van der Waals surface area contributed by atoms with E-state index in [-0.39, 0.29) is 0 Å². The Kier molecular flexibility index (Phi) is 7.92. The van der Waals surface area contributed by atoms with Crippen molar-refractivity contribution < 1.29 is 0 Å². The second kappa shape index (κ2) is 8.92. The van der Waals surface area contributed by atoms with Gasteiger partial charge in [0.15, 0.2) is 0 Å². The van der Waals surface area contributed by atoms with Gasteiger partial charge in [0.05, 0.1) is 0 Å². The Morgan fingerprint density at radius 2 is 1.89 bits per heavy atom. The van der Waals surface area contributed by atoms with Crippen molar-refractivity contribution in [1.82, 2.24) is 10.2 Å². The zero-order chi connectivity index (χ0) is 13.4. The Labute approximate surface area is 115 Å². The Balaban J connectivity index is 2.53. The van der Waals surface area contributed by atoms with E-state index in [2.05, 4.69) is 38.0 Å². The maximum Gasteiger partial charge on any atom is 0.0248 e. The van der Waals surface area contributed by atoms with E-state index in [4.69, 9.17) is 0 Å². The van der Waals surface area contributed by atoms with Gasteiger partial charge < -0.3 is 10.2 Å². The van der Waals surface area contributed by atoms with E-state index in [9.17, 15) is 0 Å². The molecule has 0 bridgehead atoms. The van der Waals surface area contributed by atoms with Crippen LogP contribution in [0.5, 0.6) is 0 Å². The van der Waals surface area contributed by atoms with Crippen LogP contribution in [-0.2, 0) is 0 Å². The molecule has 108 valence electrons. The van der Waals surface area contributed by atoms with Gasteiger partial charge in [-0.15, -0.1) is 0 Å².